The van der Waals surface area contributed by atoms with Crippen LogP contribution >= 0.6 is 11.3 Å². The first-order chi connectivity index (χ1) is 34.7. The van der Waals surface area contributed by atoms with Gasteiger partial charge in [-0.05, 0) is 59.2 Å². The van der Waals surface area contributed by atoms with Gasteiger partial charge in [0.1, 0.15) is 23.5 Å². The first-order valence-corrected chi connectivity index (χ1v) is 26.2. The summed E-state index contributed by atoms with van der Waals surface area (Å²) in [7, 11) is -3.93. The SMILES string of the molecule is CCCS(=O)(=O)Nc1ccc(F)c(C(=O)c2c[nH]c3ncc(-c4ccc(CNC(=O)CCOCCC(=O)NC(C(=O)N5CC(O)CC5C(=O)NCc5ccc(-c6scnc6C)cc5)C(C)(C)C)cc4)cc23)c1F. The number of β-amino-alcohol motifs (C(OH)–C–C–N with tert-alkyl or cyclic N) is 1. The number of aromatic amines is 1. The Bertz CT molecular complexity index is 3100. The van der Waals surface area contributed by atoms with E-state index >= 15 is 4.39 Å². The van der Waals surface area contributed by atoms with E-state index in [-0.39, 0.29) is 86.8 Å². The second-order valence-corrected chi connectivity index (χ2v) is 21.6. The number of halogens is 2. The Kier molecular flexibility index (Phi) is 17.2. The molecule has 6 N–H and O–H groups in total. The molecule has 21 heteroatoms. The summed E-state index contributed by atoms with van der Waals surface area (Å²) >= 11 is 1.55. The van der Waals surface area contributed by atoms with Crippen LogP contribution in [0.25, 0.3) is 32.6 Å². The van der Waals surface area contributed by atoms with E-state index in [1.54, 1.807) is 81.1 Å². The molecule has 4 amide bonds. The van der Waals surface area contributed by atoms with E-state index in [1.165, 1.54) is 11.1 Å². The van der Waals surface area contributed by atoms with Crippen molar-refractivity contribution >= 4 is 67.5 Å². The molecule has 4 heterocycles. The van der Waals surface area contributed by atoms with Crippen molar-refractivity contribution in [3.63, 3.8) is 0 Å². The van der Waals surface area contributed by atoms with Gasteiger partial charge in [0.25, 0.3) is 0 Å². The van der Waals surface area contributed by atoms with Gasteiger partial charge in [-0.15, -0.1) is 11.3 Å². The molecule has 0 bridgehead atoms. The summed E-state index contributed by atoms with van der Waals surface area (Å²) in [5, 5.41) is 19.4. The largest absolute Gasteiger partial charge is 0.391 e. The van der Waals surface area contributed by atoms with Crippen LogP contribution in [0, 0.1) is 24.0 Å². The minimum Gasteiger partial charge on any atom is -0.391 e. The number of likely N-dealkylation sites (tertiary alicyclic amines) is 1. The van der Waals surface area contributed by atoms with Crippen molar-refractivity contribution in [1.82, 2.24) is 35.8 Å². The molecule has 7 rings (SSSR count). The average molecular weight is 1040 g/mol. The zero-order chi connectivity index (χ0) is 52.6. The molecule has 0 spiro atoms. The summed E-state index contributed by atoms with van der Waals surface area (Å²) < 4.78 is 62.7. The molecule has 3 aromatic heterocycles. The molecule has 3 aromatic carbocycles. The minimum absolute atomic E-state index is 0.0113. The number of rotatable bonds is 21. The Morgan fingerprint density at radius 1 is 0.904 bits per heavy atom. The third kappa shape index (κ3) is 13.4. The average Bonchev–Trinajstić information content (AvgIpc) is 4.10. The van der Waals surface area contributed by atoms with Gasteiger partial charge in [-0.3, -0.25) is 28.7 Å². The third-order valence-electron chi connectivity index (χ3n) is 12.3. The van der Waals surface area contributed by atoms with Gasteiger partial charge in [-0.25, -0.2) is 27.2 Å². The fraction of sp³-hybridized carbons (Fsp3) is 0.365. The normalized spacial score (nSPS) is 15.3. The highest BCUT2D eigenvalue weighted by Gasteiger charge is 2.44. The lowest BCUT2D eigenvalue weighted by molar-refractivity contribution is -0.144. The number of anilines is 1. The second kappa shape index (κ2) is 23.3. The van der Waals surface area contributed by atoms with Crippen molar-refractivity contribution in [3.05, 3.63) is 124 Å². The summed E-state index contributed by atoms with van der Waals surface area (Å²) in [6, 6.07) is 16.4. The van der Waals surface area contributed by atoms with Crippen molar-refractivity contribution < 1.29 is 51.0 Å². The number of aryl methyl sites for hydroxylation is 1. The summed E-state index contributed by atoms with van der Waals surface area (Å²) in [6.07, 6.45) is 2.17. The van der Waals surface area contributed by atoms with Crippen LogP contribution in [0.3, 0.4) is 0 Å². The molecule has 6 aromatic rings. The molecule has 3 atom stereocenters. The predicted octanol–water partition coefficient (Wildman–Crippen LogP) is 6.54. The Morgan fingerprint density at radius 3 is 2.21 bits per heavy atom. The number of carbonyl (C=O) groups excluding carboxylic acids is 5. The molecule has 73 heavy (non-hydrogen) atoms. The van der Waals surface area contributed by atoms with Gasteiger partial charge in [0, 0.05) is 67.8 Å². The third-order valence-corrected chi connectivity index (χ3v) is 14.7. The standard InChI is InChI=1S/C52H58F2N8O9S2/c1-6-21-73(69,70)61-40-16-15-39(53)44(45(40)54)46(66)38-27-57-49-37(38)22-35(26-56-49)33-11-7-31(8-12-33)24-55-42(64)17-19-71-20-18-43(65)60-48(52(3,4)5)51(68)62-28-36(63)23-41(62)50(67)58-25-32-9-13-34(14-10-32)47-30(2)59-29-72-47/h7-16,22,26-27,29,36,41,48,61,63H,6,17-21,23-25,28H2,1-5H3,(H,55,64)(H,56,57)(H,58,67)(H,60,65). The minimum atomic E-state index is -3.93. The summed E-state index contributed by atoms with van der Waals surface area (Å²) in [6.45, 7) is 9.34. The fourth-order valence-electron chi connectivity index (χ4n) is 8.36. The smallest absolute Gasteiger partial charge is 0.246 e. The van der Waals surface area contributed by atoms with Crippen LogP contribution in [0.15, 0.2) is 84.6 Å². The molecule has 386 valence electrons. The number of aliphatic hydroxyl groups excluding tert-OH is 1. The molecule has 1 saturated heterocycles. The number of amides is 4. The molecule has 1 aliphatic heterocycles. The molecule has 1 aliphatic rings. The molecule has 17 nitrogen and oxygen atoms in total. The van der Waals surface area contributed by atoms with Crippen LogP contribution in [0.1, 0.15) is 86.1 Å². The predicted molar refractivity (Wildman–Crippen MR) is 273 cm³/mol. The van der Waals surface area contributed by atoms with Gasteiger partial charge in [0.05, 0.1) is 52.4 Å². The van der Waals surface area contributed by atoms with Crippen LogP contribution in [0.5, 0.6) is 0 Å². The molecule has 1 fully saturated rings. The van der Waals surface area contributed by atoms with Gasteiger partial charge < -0.3 is 35.7 Å². The van der Waals surface area contributed by atoms with Crippen LogP contribution in [-0.2, 0) is 47.0 Å². The van der Waals surface area contributed by atoms with Gasteiger partial charge in [-0.1, -0.05) is 76.2 Å². The maximum absolute atomic E-state index is 15.5. The number of aromatic nitrogens is 3. The molecule has 0 radical (unpaired) electrons. The number of ether oxygens (including phenoxy) is 1. The molecule has 3 unspecified atom stereocenters. The first-order valence-electron chi connectivity index (χ1n) is 23.7. The number of thiazole rings is 1. The lowest BCUT2D eigenvalue weighted by Crippen LogP contribution is -2.57. The Hall–Kier alpha value is -6.94. The van der Waals surface area contributed by atoms with Crippen molar-refractivity contribution in [2.45, 2.75) is 91.6 Å². The number of pyridine rings is 1. The highest BCUT2D eigenvalue weighted by atomic mass is 32.2. The topological polar surface area (TPSA) is 242 Å². The Balaban J connectivity index is 0.854. The maximum Gasteiger partial charge on any atom is 0.246 e. The highest BCUT2D eigenvalue weighted by molar-refractivity contribution is 7.92. The van der Waals surface area contributed by atoms with Crippen molar-refractivity contribution in [3.8, 4) is 21.6 Å². The van der Waals surface area contributed by atoms with E-state index < -0.39 is 80.0 Å². The van der Waals surface area contributed by atoms with Crippen molar-refractivity contribution in [1.29, 1.82) is 0 Å². The number of sulfonamides is 1. The van der Waals surface area contributed by atoms with E-state index in [0.717, 1.165) is 39.4 Å². The van der Waals surface area contributed by atoms with E-state index in [0.29, 0.717) is 11.1 Å². The van der Waals surface area contributed by atoms with Crippen LogP contribution in [0.2, 0.25) is 0 Å². The number of benzene rings is 3. The molecular weight excluding hydrogens is 983 g/mol. The lowest BCUT2D eigenvalue weighted by atomic mass is 9.85. The number of hydrogen-bond donors (Lipinski definition) is 6. The molecule has 0 aliphatic carbocycles. The van der Waals surface area contributed by atoms with Gasteiger partial charge in [-0.2, -0.15) is 0 Å². The highest BCUT2D eigenvalue weighted by Crippen LogP contribution is 2.32. The number of fused-ring (bicyclic) bond motifs is 1. The van der Waals surface area contributed by atoms with Crippen LogP contribution in [0.4, 0.5) is 14.5 Å². The quantitative estimate of drug-likeness (QED) is 0.0334. The number of nitrogens with one attached hydrogen (secondary N) is 5. The molecular formula is C52H58F2N8O9S2. The van der Waals surface area contributed by atoms with E-state index in [9.17, 15) is 41.9 Å². The maximum atomic E-state index is 15.5. The van der Waals surface area contributed by atoms with E-state index in [4.69, 9.17) is 4.74 Å². The van der Waals surface area contributed by atoms with Crippen molar-refractivity contribution in [2.24, 2.45) is 5.41 Å². The van der Waals surface area contributed by atoms with Gasteiger partial charge >= 0.3 is 0 Å². The fourth-order valence-corrected chi connectivity index (χ4v) is 10.3. The van der Waals surface area contributed by atoms with Crippen LogP contribution < -0.4 is 20.7 Å². The number of aliphatic hydroxyl groups is 1. The number of hydrogen-bond acceptors (Lipinski definition) is 12. The molecule has 0 saturated carbocycles. The van der Waals surface area contributed by atoms with Crippen LogP contribution in [-0.4, -0.2) is 106 Å². The van der Waals surface area contributed by atoms with Gasteiger partial charge in [0.2, 0.25) is 39.4 Å². The number of carbonyl (C=O) groups is 5. The lowest BCUT2D eigenvalue weighted by Gasteiger charge is -2.35. The summed E-state index contributed by atoms with van der Waals surface area (Å²) in [4.78, 5) is 80.8. The monoisotopic (exact) mass is 1040 g/mol. The number of nitrogens with zero attached hydrogens (tertiary/aromatic N) is 3. The summed E-state index contributed by atoms with van der Waals surface area (Å²) in [5.74, 6) is -5.44. The van der Waals surface area contributed by atoms with Gasteiger partial charge in [0.15, 0.2) is 5.82 Å². The number of ketones is 1. The van der Waals surface area contributed by atoms with E-state index in [1.807, 2.05) is 31.2 Å². The zero-order valence-electron chi connectivity index (χ0n) is 41.0. The Labute approximate surface area is 425 Å². The summed E-state index contributed by atoms with van der Waals surface area (Å²) in [5.41, 5.74) is 4.68. The van der Waals surface area contributed by atoms with E-state index in [2.05, 4.69) is 35.6 Å². The zero-order valence-corrected chi connectivity index (χ0v) is 42.6. The second-order valence-electron chi connectivity index (χ2n) is 18.9. The Morgan fingerprint density at radius 2 is 1.56 bits per heavy atom. The first kappa shape index (κ1) is 53.8. The van der Waals surface area contributed by atoms with Crippen molar-refractivity contribution in [2.75, 3.05) is 30.2 Å². The number of H-pyrrole nitrogens is 1.